The van der Waals surface area contributed by atoms with E-state index in [1.54, 1.807) is 6.20 Å². The Morgan fingerprint density at radius 3 is 2.74 bits per heavy atom. The minimum absolute atomic E-state index is 0.131. The van der Waals surface area contributed by atoms with Crippen LogP contribution >= 0.6 is 0 Å². The zero-order chi connectivity index (χ0) is 16.2. The van der Waals surface area contributed by atoms with Crippen molar-refractivity contribution < 1.29 is 5.11 Å². The number of benzene rings is 1. The molecular formula is C18H22N4O. The van der Waals surface area contributed by atoms with Crippen LogP contribution in [0.3, 0.4) is 0 Å². The fourth-order valence-electron chi connectivity index (χ4n) is 2.86. The number of hydrogen-bond donors (Lipinski definition) is 1. The number of aliphatic hydroxyl groups is 1. The normalized spacial score (nSPS) is 11.5. The largest absolute Gasteiger partial charge is 0.395 e. The zero-order valence-electron chi connectivity index (χ0n) is 13.6. The lowest BCUT2D eigenvalue weighted by atomic mass is 10.0. The minimum Gasteiger partial charge on any atom is -0.395 e. The van der Waals surface area contributed by atoms with E-state index in [4.69, 9.17) is 0 Å². The summed E-state index contributed by atoms with van der Waals surface area (Å²) in [5, 5.41) is 10.6. The molecule has 0 aliphatic carbocycles. The first-order valence-electron chi connectivity index (χ1n) is 7.81. The van der Waals surface area contributed by atoms with Gasteiger partial charge in [-0.25, -0.2) is 4.98 Å². The molecule has 2 heterocycles. The summed E-state index contributed by atoms with van der Waals surface area (Å²) in [6.07, 6.45) is 5.58. The predicted molar refractivity (Wildman–Crippen MR) is 90.9 cm³/mol. The molecule has 0 spiro atoms. The van der Waals surface area contributed by atoms with Gasteiger partial charge in [0.05, 0.1) is 18.7 Å². The first kappa shape index (κ1) is 15.6. The number of aromatic nitrogens is 3. The topological polar surface area (TPSA) is 54.2 Å². The lowest BCUT2D eigenvalue weighted by molar-refractivity contribution is 0.180. The van der Waals surface area contributed by atoms with E-state index in [0.717, 1.165) is 17.9 Å². The Labute approximate surface area is 136 Å². The molecule has 0 fully saturated rings. The SMILES string of the molecule is Cc1ccc(CN(CCO)Cc2nccn2C)c2cccnc12. The third kappa shape index (κ3) is 3.41. The fourth-order valence-corrected chi connectivity index (χ4v) is 2.86. The summed E-state index contributed by atoms with van der Waals surface area (Å²) in [6.45, 7) is 4.29. The maximum absolute atomic E-state index is 9.39. The molecule has 5 nitrogen and oxygen atoms in total. The molecule has 23 heavy (non-hydrogen) atoms. The molecule has 0 amide bonds. The van der Waals surface area contributed by atoms with E-state index in [1.165, 1.54) is 16.5 Å². The molecule has 5 heteroatoms. The standard InChI is InChI=1S/C18H22N4O/c1-14-5-6-15(16-4-3-7-20-18(14)16)12-22(10-11-23)13-17-19-8-9-21(17)2/h3-9,23H,10-13H2,1-2H3. The lowest BCUT2D eigenvalue weighted by Crippen LogP contribution is -2.27. The van der Waals surface area contributed by atoms with Gasteiger partial charge in [0.15, 0.2) is 0 Å². The minimum atomic E-state index is 0.131. The zero-order valence-corrected chi connectivity index (χ0v) is 13.6. The second-order valence-electron chi connectivity index (χ2n) is 5.83. The van der Waals surface area contributed by atoms with Crippen molar-refractivity contribution in [3.8, 4) is 0 Å². The first-order valence-corrected chi connectivity index (χ1v) is 7.81. The molecule has 0 saturated heterocycles. The van der Waals surface area contributed by atoms with Crippen LogP contribution in [0.5, 0.6) is 0 Å². The monoisotopic (exact) mass is 310 g/mol. The molecule has 0 saturated carbocycles. The lowest BCUT2D eigenvalue weighted by Gasteiger charge is -2.22. The van der Waals surface area contributed by atoms with Crippen molar-refractivity contribution in [1.29, 1.82) is 0 Å². The van der Waals surface area contributed by atoms with Gasteiger partial charge < -0.3 is 9.67 Å². The smallest absolute Gasteiger partial charge is 0.122 e. The Morgan fingerprint density at radius 2 is 2.00 bits per heavy atom. The molecule has 0 bridgehead atoms. The van der Waals surface area contributed by atoms with Crippen LogP contribution in [0.25, 0.3) is 10.9 Å². The highest BCUT2D eigenvalue weighted by atomic mass is 16.3. The van der Waals surface area contributed by atoms with Crippen LogP contribution in [0.4, 0.5) is 0 Å². The van der Waals surface area contributed by atoms with Crippen molar-refractivity contribution in [2.24, 2.45) is 7.05 Å². The summed E-state index contributed by atoms with van der Waals surface area (Å²) in [5.74, 6) is 0.994. The molecule has 0 aliphatic rings. The Kier molecular flexibility index (Phi) is 4.69. The van der Waals surface area contributed by atoms with Gasteiger partial charge in [-0.3, -0.25) is 9.88 Å². The van der Waals surface area contributed by atoms with Crippen LogP contribution in [0.2, 0.25) is 0 Å². The fraction of sp³-hybridized carbons (Fsp3) is 0.333. The van der Waals surface area contributed by atoms with Crippen LogP contribution in [-0.4, -0.2) is 37.7 Å². The molecule has 0 unspecified atom stereocenters. The number of aryl methyl sites for hydroxylation is 2. The third-order valence-corrected chi connectivity index (χ3v) is 4.16. The summed E-state index contributed by atoms with van der Waals surface area (Å²) in [4.78, 5) is 11.1. The summed E-state index contributed by atoms with van der Waals surface area (Å²) < 4.78 is 2.01. The first-order chi connectivity index (χ1) is 11.2. The van der Waals surface area contributed by atoms with Crippen molar-refractivity contribution in [1.82, 2.24) is 19.4 Å². The van der Waals surface area contributed by atoms with Gasteiger partial charge in [0.2, 0.25) is 0 Å². The molecule has 2 aromatic heterocycles. The highest BCUT2D eigenvalue weighted by Gasteiger charge is 2.12. The Morgan fingerprint density at radius 1 is 1.13 bits per heavy atom. The van der Waals surface area contributed by atoms with E-state index < -0.39 is 0 Å². The van der Waals surface area contributed by atoms with Gasteiger partial charge in [-0.05, 0) is 24.1 Å². The van der Waals surface area contributed by atoms with E-state index in [9.17, 15) is 5.11 Å². The van der Waals surface area contributed by atoms with Crippen molar-refractivity contribution in [2.45, 2.75) is 20.0 Å². The van der Waals surface area contributed by atoms with Gasteiger partial charge >= 0.3 is 0 Å². The number of fused-ring (bicyclic) bond motifs is 1. The molecule has 3 aromatic rings. The number of hydrogen-bond acceptors (Lipinski definition) is 4. The molecule has 0 radical (unpaired) electrons. The van der Waals surface area contributed by atoms with Crippen LogP contribution in [0, 0.1) is 6.92 Å². The van der Waals surface area contributed by atoms with Crippen LogP contribution in [-0.2, 0) is 20.1 Å². The quantitative estimate of drug-likeness (QED) is 0.759. The molecule has 1 N–H and O–H groups in total. The van der Waals surface area contributed by atoms with E-state index in [-0.39, 0.29) is 6.61 Å². The Balaban J connectivity index is 1.88. The van der Waals surface area contributed by atoms with Gasteiger partial charge in [0.1, 0.15) is 5.82 Å². The van der Waals surface area contributed by atoms with E-state index in [2.05, 4.69) is 40.0 Å². The van der Waals surface area contributed by atoms with Crippen LogP contribution in [0.15, 0.2) is 42.9 Å². The maximum Gasteiger partial charge on any atom is 0.122 e. The van der Waals surface area contributed by atoms with Crippen LogP contribution in [0.1, 0.15) is 17.0 Å². The van der Waals surface area contributed by atoms with E-state index in [0.29, 0.717) is 13.1 Å². The number of rotatable bonds is 6. The Bertz CT molecular complexity index is 797. The summed E-state index contributed by atoms with van der Waals surface area (Å²) in [7, 11) is 1.99. The van der Waals surface area contributed by atoms with Crippen molar-refractivity contribution in [3.05, 3.63) is 59.8 Å². The van der Waals surface area contributed by atoms with Gasteiger partial charge in [-0.2, -0.15) is 0 Å². The van der Waals surface area contributed by atoms with Crippen molar-refractivity contribution in [3.63, 3.8) is 0 Å². The summed E-state index contributed by atoms with van der Waals surface area (Å²) in [5.41, 5.74) is 3.45. The molecule has 0 atom stereocenters. The molecule has 1 aromatic carbocycles. The number of imidazole rings is 1. The number of aliphatic hydroxyl groups excluding tert-OH is 1. The van der Waals surface area contributed by atoms with Gasteiger partial charge in [0.25, 0.3) is 0 Å². The molecule has 120 valence electrons. The highest BCUT2D eigenvalue weighted by Crippen LogP contribution is 2.22. The van der Waals surface area contributed by atoms with Crippen molar-refractivity contribution >= 4 is 10.9 Å². The average molecular weight is 310 g/mol. The van der Waals surface area contributed by atoms with Crippen molar-refractivity contribution in [2.75, 3.05) is 13.2 Å². The molecule has 3 rings (SSSR count). The number of nitrogens with zero attached hydrogens (tertiary/aromatic N) is 4. The second kappa shape index (κ2) is 6.89. The number of pyridine rings is 1. The highest BCUT2D eigenvalue weighted by molar-refractivity contribution is 5.84. The van der Waals surface area contributed by atoms with E-state index in [1.807, 2.05) is 30.1 Å². The second-order valence-corrected chi connectivity index (χ2v) is 5.83. The van der Waals surface area contributed by atoms with Gasteiger partial charge in [-0.15, -0.1) is 0 Å². The van der Waals surface area contributed by atoms with Crippen LogP contribution < -0.4 is 0 Å². The molecule has 0 aliphatic heterocycles. The predicted octanol–water partition coefficient (Wildman–Crippen LogP) is 2.27. The molecular weight excluding hydrogens is 288 g/mol. The maximum atomic E-state index is 9.39. The average Bonchev–Trinajstić information content (AvgIpc) is 2.96. The Hall–Kier alpha value is -2.24. The summed E-state index contributed by atoms with van der Waals surface area (Å²) in [6, 6.07) is 8.35. The van der Waals surface area contributed by atoms with E-state index >= 15 is 0 Å². The summed E-state index contributed by atoms with van der Waals surface area (Å²) >= 11 is 0. The van der Waals surface area contributed by atoms with Gasteiger partial charge in [-0.1, -0.05) is 18.2 Å². The van der Waals surface area contributed by atoms with Gasteiger partial charge in [0, 0.05) is 44.1 Å². The third-order valence-electron chi connectivity index (χ3n) is 4.16.